The van der Waals surface area contributed by atoms with Crippen LogP contribution in [0.2, 0.25) is 0 Å². The van der Waals surface area contributed by atoms with Gasteiger partial charge < -0.3 is 5.32 Å². The van der Waals surface area contributed by atoms with Crippen LogP contribution < -0.4 is 5.32 Å². The van der Waals surface area contributed by atoms with Gasteiger partial charge in [0.05, 0.1) is 0 Å². The topological polar surface area (TPSA) is 12.0 Å². The lowest BCUT2D eigenvalue weighted by molar-refractivity contribution is 0.631. The summed E-state index contributed by atoms with van der Waals surface area (Å²) in [5, 5.41) is 8.34. The third kappa shape index (κ3) is 3.85. The van der Waals surface area contributed by atoms with Crippen molar-refractivity contribution in [1.29, 1.82) is 0 Å². The first-order valence-electron chi connectivity index (χ1n) is 12.3. The molecule has 3 heteroatoms. The molecule has 0 atom stereocenters. The summed E-state index contributed by atoms with van der Waals surface area (Å²) in [7, 11) is 0. The fraction of sp³-hybridized carbons (Fsp3) is 0. The molecule has 0 bridgehead atoms. The third-order valence-electron chi connectivity index (χ3n) is 6.91. The normalized spacial score (nSPS) is 11.4. The highest BCUT2D eigenvalue weighted by molar-refractivity contribution is 7.25. The minimum absolute atomic E-state index is 0.211. The summed E-state index contributed by atoms with van der Waals surface area (Å²) >= 11 is 1.82. The van der Waals surface area contributed by atoms with E-state index in [1.165, 1.54) is 26.2 Å². The molecule has 0 saturated carbocycles. The van der Waals surface area contributed by atoms with Gasteiger partial charge in [0.2, 0.25) is 0 Å². The van der Waals surface area contributed by atoms with E-state index in [1.807, 2.05) is 35.6 Å². The Morgan fingerprint density at radius 2 is 1.22 bits per heavy atom. The Labute approximate surface area is 218 Å². The Balaban J connectivity index is 1.31. The Hall–Kier alpha value is -4.47. The van der Waals surface area contributed by atoms with Crippen LogP contribution in [0.5, 0.6) is 0 Å². The summed E-state index contributed by atoms with van der Waals surface area (Å²) in [6.45, 7) is 0. The van der Waals surface area contributed by atoms with Crippen LogP contribution in [-0.2, 0) is 0 Å². The molecule has 7 aromatic rings. The molecule has 0 aliphatic heterocycles. The highest BCUT2D eigenvalue weighted by atomic mass is 32.1. The van der Waals surface area contributed by atoms with Crippen LogP contribution in [0.15, 0.2) is 127 Å². The van der Waals surface area contributed by atoms with Gasteiger partial charge in [-0.3, -0.25) is 0 Å². The smallest absolute Gasteiger partial charge is 0.131 e. The Morgan fingerprint density at radius 3 is 2.11 bits per heavy atom. The summed E-state index contributed by atoms with van der Waals surface area (Å²) in [5.41, 5.74) is 5.76. The molecule has 0 saturated heterocycles. The minimum atomic E-state index is -0.211. The summed E-state index contributed by atoms with van der Waals surface area (Å²) in [6, 6.07) is 42.9. The van der Waals surface area contributed by atoms with E-state index in [-0.39, 0.29) is 5.82 Å². The van der Waals surface area contributed by atoms with Crippen molar-refractivity contribution in [1.82, 2.24) is 0 Å². The number of fused-ring (bicyclic) bond motifs is 4. The molecule has 1 heterocycles. The molecule has 0 unspecified atom stereocenters. The highest BCUT2D eigenvalue weighted by Gasteiger charge is 2.13. The molecule has 1 nitrogen and oxygen atoms in total. The van der Waals surface area contributed by atoms with Crippen LogP contribution in [0, 0.1) is 5.82 Å². The maximum absolute atomic E-state index is 14.8. The van der Waals surface area contributed by atoms with Gasteiger partial charge in [0.1, 0.15) is 5.82 Å². The van der Waals surface area contributed by atoms with Crippen LogP contribution in [0.25, 0.3) is 53.2 Å². The van der Waals surface area contributed by atoms with E-state index >= 15 is 0 Å². The summed E-state index contributed by atoms with van der Waals surface area (Å²) in [5.74, 6) is -0.211. The van der Waals surface area contributed by atoms with Gasteiger partial charge in [-0.2, -0.15) is 0 Å². The molecule has 7 rings (SSSR count). The predicted octanol–water partition coefficient (Wildman–Crippen LogP) is 10.4. The van der Waals surface area contributed by atoms with Crippen molar-refractivity contribution in [3.05, 3.63) is 133 Å². The largest absolute Gasteiger partial charge is 0.355 e. The Kier molecular flexibility index (Phi) is 5.23. The van der Waals surface area contributed by atoms with Crippen LogP contribution in [-0.4, -0.2) is 0 Å². The van der Waals surface area contributed by atoms with Crippen molar-refractivity contribution in [3.63, 3.8) is 0 Å². The molecule has 37 heavy (non-hydrogen) atoms. The van der Waals surface area contributed by atoms with Gasteiger partial charge in [0.25, 0.3) is 0 Å². The van der Waals surface area contributed by atoms with E-state index in [1.54, 1.807) is 6.07 Å². The van der Waals surface area contributed by atoms with Gasteiger partial charge in [0, 0.05) is 37.1 Å². The standard InChI is InChI=1S/C34H22FNS/c35-31-16-3-1-12-27(31)30-15-7-9-22-8-6-14-26(34(22)30)23-10-5-11-24(20-23)36-25-18-19-29-28-13-2-4-17-32(28)37-33(29)21-25/h1-21,36H. The van der Waals surface area contributed by atoms with Crippen molar-refractivity contribution in [2.24, 2.45) is 0 Å². The third-order valence-corrected chi connectivity index (χ3v) is 8.04. The molecule has 0 spiro atoms. The summed E-state index contributed by atoms with van der Waals surface area (Å²) < 4.78 is 17.4. The van der Waals surface area contributed by atoms with Crippen molar-refractivity contribution >= 4 is 53.7 Å². The van der Waals surface area contributed by atoms with Crippen LogP contribution in [0.1, 0.15) is 0 Å². The van der Waals surface area contributed by atoms with E-state index in [9.17, 15) is 4.39 Å². The summed E-state index contributed by atoms with van der Waals surface area (Å²) in [4.78, 5) is 0. The van der Waals surface area contributed by atoms with Gasteiger partial charge in [0.15, 0.2) is 0 Å². The lowest BCUT2D eigenvalue weighted by atomic mass is 9.91. The molecule has 1 N–H and O–H groups in total. The first-order valence-corrected chi connectivity index (χ1v) is 13.1. The number of thiophene rings is 1. The number of hydrogen-bond acceptors (Lipinski definition) is 2. The van der Waals surface area contributed by atoms with Gasteiger partial charge in [-0.15, -0.1) is 11.3 Å². The molecular formula is C34H22FNS. The molecular weight excluding hydrogens is 473 g/mol. The monoisotopic (exact) mass is 495 g/mol. The van der Waals surface area contributed by atoms with E-state index < -0.39 is 0 Å². The van der Waals surface area contributed by atoms with Gasteiger partial charge >= 0.3 is 0 Å². The molecule has 0 fully saturated rings. The zero-order valence-corrected chi connectivity index (χ0v) is 20.7. The van der Waals surface area contributed by atoms with E-state index in [4.69, 9.17) is 0 Å². The first kappa shape index (κ1) is 21.8. The van der Waals surface area contributed by atoms with Gasteiger partial charge in [-0.25, -0.2) is 4.39 Å². The fourth-order valence-corrected chi connectivity index (χ4v) is 6.37. The van der Waals surface area contributed by atoms with Crippen molar-refractivity contribution in [3.8, 4) is 22.3 Å². The Bertz CT molecular complexity index is 1930. The molecule has 0 aliphatic carbocycles. The van der Waals surface area contributed by atoms with Crippen LogP contribution >= 0.6 is 11.3 Å². The highest BCUT2D eigenvalue weighted by Crippen LogP contribution is 2.39. The van der Waals surface area contributed by atoms with E-state index in [0.29, 0.717) is 5.56 Å². The first-order chi connectivity index (χ1) is 18.2. The lowest BCUT2D eigenvalue weighted by Crippen LogP contribution is -1.92. The van der Waals surface area contributed by atoms with Gasteiger partial charge in [-0.05, 0) is 63.9 Å². The number of halogens is 1. The Morgan fingerprint density at radius 1 is 0.514 bits per heavy atom. The average Bonchev–Trinajstić information content (AvgIpc) is 3.31. The maximum Gasteiger partial charge on any atom is 0.131 e. The fourth-order valence-electron chi connectivity index (χ4n) is 5.22. The maximum atomic E-state index is 14.8. The van der Waals surface area contributed by atoms with E-state index in [2.05, 4.69) is 96.3 Å². The molecule has 0 radical (unpaired) electrons. The zero-order chi connectivity index (χ0) is 24.8. The second-order valence-electron chi connectivity index (χ2n) is 9.20. The molecule has 0 aliphatic rings. The molecule has 1 aromatic heterocycles. The number of benzene rings is 6. The van der Waals surface area contributed by atoms with Crippen LogP contribution in [0.4, 0.5) is 15.8 Å². The van der Waals surface area contributed by atoms with Crippen molar-refractivity contribution in [2.45, 2.75) is 0 Å². The van der Waals surface area contributed by atoms with Crippen LogP contribution in [0.3, 0.4) is 0 Å². The molecule has 176 valence electrons. The predicted molar refractivity (Wildman–Crippen MR) is 157 cm³/mol. The minimum Gasteiger partial charge on any atom is -0.355 e. The quantitative estimate of drug-likeness (QED) is 0.256. The van der Waals surface area contributed by atoms with Crippen molar-refractivity contribution < 1.29 is 4.39 Å². The van der Waals surface area contributed by atoms with Gasteiger partial charge in [-0.1, -0.05) is 91.0 Å². The zero-order valence-electron chi connectivity index (χ0n) is 19.9. The number of nitrogens with one attached hydrogen (secondary N) is 1. The average molecular weight is 496 g/mol. The molecule has 6 aromatic carbocycles. The lowest BCUT2D eigenvalue weighted by Gasteiger charge is -2.14. The van der Waals surface area contributed by atoms with E-state index in [0.717, 1.165) is 38.8 Å². The second-order valence-corrected chi connectivity index (χ2v) is 10.3. The summed E-state index contributed by atoms with van der Waals surface area (Å²) in [6.07, 6.45) is 0. The van der Waals surface area contributed by atoms with Crippen molar-refractivity contribution in [2.75, 3.05) is 5.32 Å². The second kappa shape index (κ2) is 8.88. The number of rotatable bonds is 4. The molecule has 0 amide bonds. The number of hydrogen-bond donors (Lipinski definition) is 1. The SMILES string of the molecule is Fc1ccccc1-c1cccc2cccc(-c3cccc(Nc4ccc5c(c4)sc4ccccc45)c3)c12. The number of anilines is 2.